The number of rotatable bonds is 4. The predicted octanol–water partition coefficient (Wildman–Crippen LogP) is 1.56. The van der Waals surface area contributed by atoms with Gasteiger partial charge in [0.1, 0.15) is 12.1 Å². The summed E-state index contributed by atoms with van der Waals surface area (Å²) in [7, 11) is 0. The van der Waals surface area contributed by atoms with Crippen molar-refractivity contribution in [1.82, 2.24) is 15.6 Å². The number of β-lactam (4-membered cyclic amide) rings is 1. The fraction of sp³-hybridized carbons (Fsp3) is 0.267. The van der Waals surface area contributed by atoms with Gasteiger partial charge in [-0.25, -0.2) is 14.8 Å². The minimum Gasteiger partial charge on any atom is -0.345 e. The van der Waals surface area contributed by atoms with Crippen molar-refractivity contribution >= 4 is 45.0 Å². The Morgan fingerprint density at radius 3 is 2.88 bits per heavy atom. The maximum absolute atomic E-state index is 13.2. The van der Waals surface area contributed by atoms with Crippen LogP contribution < -0.4 is 15.6 Å². The van der Waals surface area contributed by atoms with E-state index in [1.807, 2.05) is 24.3 Å². The van der Waals surface area contributed by atoms with E-state index >= 15 is 0 Å². The van der Waals surface area contributed by atoms with Gasteiger partial charge in [-0.2, -0.15) is 0 Å². The van der Waals surface area contributed by atoms with Crippen LogP contribution in [0.4, 0.5) is 10.5 Å². The van der Waals surface area contributed by atoms with Crippen molar-refractivity contribution in [1.29, 1.82) is 0 Å². The number of benzene rings is 1. The van der Waals surface area contributed by atoms with Crippen molar-refractivity contribution in [2.75, 3.05) is 18.1 Å². The molecule has 2 atom stereocenters. The topological polar surface area (TPSA) is 131 Å². The summed E-state index contributed by atoms with van der Waals surface area (Å²) in [6.07, 6.45) is -0.960. The Balaban J connectivity index is 1.79. The van der Waals surface area contributed by atoms with Gasteiger partial charge < -0.3 is 10.6 Å². The Morgan fingerprint density at radius 2 is 2.19 bits per heavy atom. The zero-order valence-electron chi connectivity index (χ0n) is 13.3. The Morgan fingerprint density at radius 1 is 1.38 bits per heavy atom. The highest BCUT2D eigenvalue weighted by molar-refractivity contribution is 7.17. The first kappa shape index (κ1) is 16.2. The summed E-state index contributed by atoms with van der Waals surface area (Å²) < 4.78 is 0.949. The molecule has 0 unspecified atom stereocenters. The predicted molar refractivity (Wildman–Crippen MR) is 94.0 cm³/mol. The summed E-state index contributed by atoms with van der Waals surface area (Å²) in [4.78, 5) is 40.0. The monoisotopic (exact) mass is 371 g/mol. The number of amides is 4. The molecular formula is C15H13N7O3S. The number of hydrogen-bond donors (Lipinski definition) is 2. The van der Waals surface area contributed by atoms with E-state index in [0.29, 0.717) is 12.2 Å². The van der Waals surface area contributed by atoms with Gasteiger partial charge in [-0.15, -0.1) is 11.3 Å². The molecule has 2 saturated heterocycles. The lowest BCUT2D eigenvalue weighted by atomic mass is 9.96. The number of fused-ring (bicyclic) bond motifs is 1. The maximum Gasteiger partial charge on any atom is 0.336 e. The van der Waals surface area contributed by atoms with Crippen LogP contribution in [-0.2, 0) is 9.59 Å². The van der Waals surface area contributed by atoms with E-state index in [0.717, 1.165) is 10.1 Å². The van der Waals surface area contributed by atoms with Crippen LogP contribution >= 0.6 is 11.3 Å². The number of thiophene rings is 1. The van der Waals surface area contributed by atoms with E-state index in [9.17, 15) is 14.4 Å². The highest BCUT2D eigenvalue weighted by Gasteiger charge is 2.49. The molecule has 11 heteroatoms. The molecule has 1 aromatic heterocycles. The van der Waals surface area contributed by atoms with E-state index < -0.39 is 29.9 Å². The van der Waals surface area contributed by atoms with E-state index in [2.05, 4.69) is 20.7 Å². The van der Waals surface area contributed by atoms with Gasteiger partial charge in [0.25, 0.3) is 5.91 Å². The highest BCUT2D eigenvalue weighted by Crippen LogP contribution is 2.36. The second-order valence-electron chi connectivity index (χ2n) is 5.76. The van der Waals surface area contributed by atoms with Crippen LogP contribution in [0, 0.1) is 5.92 Å². The molecule has 0 aliphatic carbocycles. The summed E-state index contributed by atoms with van der Waals surface area (Å²) in [6.45, 7) is 0.677. The molecule has 4 amide bonds. The van der Waals surface area contributed by atoms with Crippen LogP contribution in [0.2, 0.25) is 0 Å². The normalized spacial score (nSPS) is 21.6. The first-order chi connectivity index (χ1) is 12.6. The van der Waals surface area contributed by atoms with Crippen LogP contribution in [0.3, 0.4) is 0 Å². The van der Waals surface area contributed by atoms with Crippen molar-refractivity contribution in [3.63, 3.8) is 0 Å². The molecule has 3 heterocycles. The number of urea groups is 1. The smallest absolute Gasteiger partial charge is 0.336 e. The van der Waals surface area contributed by atoms with Gasteiger partial charge in [0.15, 0.2) is 0 Å². The molecular weight excluding hydrogens is 358 g/mol. The van der Waals surface area contributed by atoms with Gasteiger partial charge in [-0.05, 0) is 11.6 Å². The number of azide groups is 1. The Hall–Kier alpha value is -3.30. The standard InChI is InChI=1S/C15H13N7O3S/c16-20-19-12-11(13(23)18-12)14(24)22(21-6-5-17-15(21)25)9-7-26-10-4-2-1-3-8(9)10/h1-4,7,11-12H,5-6H2,(H,17,25)(H,18,23)/t11-,12-/m0/s1. The third-order valence-corrected chi connectivity index (χ3v) is 5.25. The highest BCUT2D eigenvalue weighted by atomic mass is 32.1. The van der Waals surface area contributed by atoms with Crippen LogP contribution in [0.25, 0.3) is 20.5 Å². The van der Waals surface area contributed by atoms with E-state index in [1.165, 1.54) is 21.4 Å². The molecule has 2 aromatic rings. The van der Waals surface area contributed by atoms with Crippen LogP contribution in [0.5, 0.6) is 0 Å². The molecule has 0 spiro atoms. The van der Waals surface area contributed by atoms with Gasteiger partial charge in [-0.3, -0.25) is 9.59 Å². The lowest BCUT2D eigenvalue weighted by molar-refractivity contribution is -0.144. The summed E-state index contributed by atoms with van der Waals surface area (Å²) in [5.74, 6) is -2.30. The lowest BCUT2D eigenvalue weighted by Crippen LogP contribution is -2.65. The minimum atomic E-state index is -1.17. The molecule has 0 bridgehead atoms. The van der Waals surface area contributed by atoms with E-state index in [4.69, 9.17) is 5.53 Å². The van der Waals surface area contributed by atoms with Crippen molar-refractivity contribution in [2.24, 2.45) is 11.0 Å². The fourth-order valence-corrected chi connectivity index (χ4v) is 3.97. The van der Waals surface area contributed by atoms with Gasteiger partial charge in [-0.1, -0.05) is 23.3 Å². The summed E-state index contributed by atoms with van der Waals surface area (Å²) in [6, 6.07) is 7.06. The van der Waals surface area contributed by atoms with Crippen LogP contribution in [0.1, 0.15) is 0 Å². The van der Waals surface area contributed by atoms with Crippen molar-refractivity contribution in [3.05, 3.63) is 40.1 Å². The quantitative estimate of drug-likeness (QED) is 0.278. The molecule has 132 valence electrons. The molecule has 2 aliphatic heterocycles. The van der Waals surface area contributed by atoms with Gasteiger partial charge in [0, 0.05) is 26.9 Å². The summed E-state index contributed by atoms with van der Waals surface area (Å²) in [5, 5.41) is 13.5. The SMILES string of the molecule is [N-]=[N+]=N[C@@H]1NC(=O)[C@H]1C(=O)N(c1csc2ccccc12)N1CCNC1=O. The molecule has 0 radical (unpaired) electrons. The minimum absolute atomic E-state index is 0.287. The largest absolute Gasteiger partial charge is 0.345 e. The molecule has 2 aliphatic rings. The molecule has 0 saturated carbocycles. The number of hydrazine groups is 1. The van der Waals surface area contributed by atoms with E-state index in [1.54, 1.807) is 5.38 Å². The first-order valence-electron chi connectivity index (χ1n) is 7.82. The number of hydrogen-bond acceptors (Lipinski definition) is 5. The third-order valence-electron chi connectivity index (χ3n) is 4.30. The third kappa shape index (κ3) is 2.41. The number of carbonyl (C=O) groups is 3. The second kappa shape index (κ2) is 6.21. The Labute approximate surface area is 151 Å². The molecule has 10 nitrogen and oxygen atoms in total. The van der Waals surface area contributed by atoms with Crippen LogP contribution in [0.15, 0.2) is 34.8 Å². The van der Waals surface area contributed by atoms with Crippen molar-refractivity contribution < 1.29 is 14.4 Å². The fourth-order valence-electron chi connectivity index (χ4n) is 3.04. The van der Waals surface area contributed by atoms with Crippen molar-refractivity contribution in [3.8, 4) is 0 Å². The molecule has 4 rings (SSSR count). The van der Waals surface area contributed by atoms with Crippen molar-refractivity contribution in [2.45, 2.75) is 6.17 Å². The van der Waals surface area contributed by atoms with Gasteiger partial charge in [0.2, 0.25) is 5.91 Å². The second-order valence-corrected chi connectivity index (χ2v) is 6.67. The summed E-state index contributed by atoms with van der Waals surface area (Å²) in [5.41, 5.74) is 9.13. The van der Waals surface area contributed by atoms with E-state index in [-0.39, 0.29) is 6.54 Å². The average molecular weight is 371 g/mol. The number of nitrogens with zero attached hydrogens (tertiary/aromatic N) is 5. The molecule has 2 N–H and O–H groups in total. The Bertz CT molecular complexity index is 967. The van der Waals surface area contributed by atoms with Gasteiger partial charge in [0.05, 0.1) is 12.2 Å². The molecule has 26 heavy (non-hydrogen) atoms. The molecule has 2 fully saturated rings. The maximum atomic E-state index is 13.2. The zero-order chi connectivity index (χ0) is 18.3. The summed E-state index contributed by atoms with van der Waals surface area (Å²) >= 11 is 1.43. The number of nitrogens with one attached hydrogen (secondary N) is 2. The van der Waals surface area contributed by atoms with Crippen LogP contribution in [-0.4, -0.2) is 42.1 Å². The first-order valence-corrected chi connectivity index (χ1v) is 8.70. The molecule has 1 aromatic carbocycles. The zero-order valence-corrected chi connectivity index (χ0v) is 14.1. The Kier molecular flexibility index (Phi) is 3.86. The van der Waals surface area contributed by atoms with Gasteiger partial charge >= 0.3 is 6.03 Å². The lowest BCUT2D eigenvalue weighted by Gasteiger charge is -2.38. The average Bonchev–Trinajstić information content (AvgIpc) is 3.22. The number of carbonyl (C=O) groups excluding carboxylic acids is 3. The number of anilines is 1.